The zero-order valence-corrected chi connectivity index (χ0v) is 13.6. The molecule has 0 aliphatic carbocycles. The number of hydrogen-bond donors (Lipinski definition) is 1. The second kappa shape index (κ2) is 6.96. The van der Waals surface area contributed by atoms with Gasteiger partial charge in [0.15, 0.2) is 0 Å². The van der Waals surface area contributed by atoms with Gasteiger partial charge in [0.25, 0.3) is 0 Å². The van der Waals surface area contributed by atoms with Crippen LogP contribution < -0.4 is 4.74 Å². The van der Waals surface area contributed by atoms with Crippen LogP contribution in [0.1, 0.15) is 21.5 Å². The third-order valence-electron chi connectivity index (χ3n) is 3.70. The van der Waals surface area contributed by atoms with E-state index >= 15 is 0 Å². The number of benzene rings is 2. The number of aromatic carboxylic acids is 1. The highest BCUT2D eigenvalue weighted by atomic mass is 16.5. The van der Waals surface area contributed by atoms with Gasteiger partial charge in [-0.25, -0.2) is 4.79 Å². The average Bonchev–Trinajstić information content (AvgIpc) is 3.10. The van der Waals surface area contributed by atoms with Gasteiger partial charge in [-0.15, -0.1) is 10.2 Å². The summed E-state index contributed by atoms with van der Waals surface area (Å²) < 4.78 is 5.13. The van der Waals surface area contributed by atoms with E-state index in [0.717, 1.165) is 11.3 Å². The summed E-state index contributed by atoms with van der Waals surface area (Å²) in [5, 5.41) is 21.6. The Hall–Kier alpha value is -3.48. The van der Waals surface area contributed by atoms with Crippen molar-refractivity contribution in [2.45, 2.75) is 6.54 Å². The number of ether oxygens (including phenoxy) is 1. The number of carbonyl (C=O) groups is 1. The van der Waals surface area contributed by atoms with Gasteiger partial charge in [-0.2, -0.15) is 4.80 Å². The van der Waals surface area contributed by atoms with E-state index in [-0.39, 0.29) is 5.56 Å². The van der Waals surface area contributed by atoms with Crippen molar-refractivity contribution in [1.82, 2.24) is 20.2 Å². The molecule has 7 heteroatoms. The zero-order valence-electron chi connectivity index (χ0n) is 13.6. The van der Waals surface area contributed by atoms with E-state index in [4.69, 9.17) is 9.84 Å². The predicted molar refractivity (Wildman–Crippen MR) is 92.4 cm³/mol. The van der Waals surface area contributed by atoms with Crippen LogP contribution in [0.15, 0.2) is 49.0 Å². The highest BCUT2D eigenvalue weighted by Crippen LogP contribution is 2.20. The third-order valence-corrected chi connectivity index (χ3v) is 3.70. The van der Waals surface area contributed by atoms with Gasteiger partial charge in [0.1, 0.15) is 5.75 Å². The summed E-state index contributed by atoms with van der Waals surface area (Å²) in [5.74, 6) is 0.206. The van der Waals surface area contributed by atoms with Crippen LogP contribution >= 0.6 is 0 Å². The first kappa shape index (κ1) is 16.4. The SMILES string of the molecule is C=Cc1cc(-c2nnn(Cc3ccc(OC)cc3)n2)ccc1C(=O)O. The first-order chi connectivity index (χ1) is 12.1. The molecule has 0 unspecified atom stereocenters. The highest BCUT2D eigenvalue weighted by Gasteiger charge is 2.12. The average molecular weight is 336 g/mol. The number of hydrogen-bond acceptors (Lipinski definition) is 5. The summed E-state index contributed by atoms with van der Waals surface area (Å²) in [4.78, 5) is 12.7. The van der Waals surface area contributed by atoms with Crippen LogP contribution in [0.3, 0.4) is 0 Å². The van der Waals surface area contributed by atoms with Crippen molar-refractivity contribution >= 4 is 12.0 Å². The molecule has 1 heterocycles. The summed E-state index contributed by atoms with van der Waals surface area (Å²) in [5.41, 5.74) is 2.39. The second-order valence-electron chi connectivity index (χ2n) is 5.30. The van der Waals surface area contributed by atoms with E-state index in [1.165, 1.54) is 16.9 Å². The van der Waals surface area contributed by atoms with Crippen LogP contribution in [-0.2, 0) is 6.54 Å². The first-order valence-corrected chi connectivity index (χ1v) is 7.51. The summed E-state index contributed by atoms with van der Waals surface area (Å²) in [6, 6.07) is 12.5. The molecule has 0 aliphatic heterocycles. The molecule has 126 valence electrons. The fourth-order valence-electron chi connectivity index (χ4n) is 2.39. The monoisotopic (exact) mass is 336 g/mol. The first-order valence-electron chi connectivity index (χ1n) is 7.51. The molecule has 0 amide bonds. The third kappa shape index (κ3) is 3.55. The number of carboxylic acid groups (broad SMARTS) is 1. The van der Waals surface area contributed by atoms with Crippen molar-refractivity contribution in [2.24, 2.45) is 0 Å². The Bertz CT molecular complexity index is 916. The molecule has 0 radical (unpaired) electrons. The number of nitrogens with zero attached hydrogens (tertiary/aromatic N) is 4. The minimum absolute atomic E-state index is 0.185. The summed E-state index contributed by atoms with van der Waals surface area (Å²) in [6.07, 6.45) is 1.49. The molecule has 3 rings (SSSR count). The molecular formula is C18H16N4O3. The van der Waals surface area contributed by atoms with Crippen LogP contribution in [0.4, 0.5) is 0 Å². The Morgan fingerprint density at radius 2 is 2.04 bits per heavy atom. The van der Waals surface area contributed by atoms with Crippen molar-refractivity contribution in [3.63, 3.8) is 0 Å². The van der Waals surface area contributed by atoms with Crippen LogP contribution in [-0.4, -0.2) is 38.4 Å². The molecule has 1 N–H and O–H groups in total. The fraction of sp³-hybridized carbons (Fsp3) is 0.111. The Balaban J connectivity index is 1.83. The van der Waals surface area contributed by atoms with Crippen molar-refractivity contribution in [1.29, 1.82) is 0 Å². The quantitative estimate of drug-likeness (QED) is 0.744. The summed E-state index contributed by atoms with van der Waals surface area (Å²) in [6.45, 7) is 4.12. The van der Waals surface area contributed by atoms with Crippen LogP contribution in [0.25, 0.3) is 17.5 Å². The summed E-state index contributed by atoms with van der Waals surface area (Å²) >= 11 is 0. The van der Waals surface area contributed by atoms with E-state index in [0.29, 0.717) is 23.5 Å². The van der Waals surface area contributed by atoms with E-state index in [1.807, 2.05) is 24.3 Å². The van der Waals surface area contributed by atoms with E-state index in [9.17, 15) is 4.79 Å². The molecule has 0 aliphatic rings. The molecule has 0 saturated carbocycles. The lowest BCUT2D eigenvalue weighted by Gasteiger charge is -2.03. The van der Waals surface area contributed by atoms with E-state index in [1.54, 1.807) is 19.2 Å². The minimum Gasteiger partial charge on any atom is -0.497 e. The molecule has 0 atom stereocenters. The number of rotatable bonds is 6. The Labute approximate surface area is 144 Å². The molecule has 0 bridgehead atoms. The molecule has 2 aromatic carbocycles. The number of carboxylic acids is 1. The highest BCUT2D eigenvalue weighted by molar-refractivity contribution is 5.92. The van der Waals surface area contributed by atoms with Gasteiger partial charge in [-0.3, -0.25) is 0 Å². The van der Waals surface area contributed by atoms with E-state index < -0.39 is 5.97 Å². The van der Waals surface area contributed by atoms with Crippen LogP contribution in [0.2, 0.25) is 0 Å². The summed E-state index contributed by atoms with van der Waals surface area (Å²) in [7, 11) is 1.62. The molecule has 0 spiro atoms. The van der Waals surface area contributed by atoms with Gasteiger partial charge in [-0.05, 0) is 40.6 Å². The predicted octanol–water partition coefficient (Wildman–Crippen LogP) is 2.74. The maximum atomic E-state index is 11.2. The molecule has 0 saturated heterocycles. The molecule has 0 fully saturated rings. The second-order valence-corrected chi connectivity index (χ2v) is 5.30. The topological polar surface area (TPSA) is 90.1 Å². The lowest BCUT2D eigenvalue weighted by molar-refractivity contribution is 0.0696. The van der Waals surface area contributed by atoms with Crippen LogP contribution in [0, 0.1) is 0 Å². The molecule has 3 aromatic rings. The van der Waals surface area contributed by atoms with Gasteiger partial charge < -0.3 is 9.84 Å². The van der Waals surface area contributed by atoms with Gasteiger partial charge in [0.2, 0.25) is 5.82 Å². The maximum absolute atomic E-state index is 11.2. The van der Waals surface area contributed by atoms with Gasteiger partial charge in [0, 0.05) is 5.56 Å². The molecule has 1 aromatic heterocycles. The van der Waals surface area contributed by atoms with Gasteiger partial charge in [0.05, 0.1) is 19.2 Å². The van der Waals surface area contributed by atoms with Crippen molar-refractivity contribution in [3.05, 3.63) is 65.7 Å². The molecule has 7 nitrogen and oxygen atoms in total. The number of tetrazole rings is 1. The standard InChI is InChI=1S/C18H16N4O3/c1-3-13-10-14(6-9-16(13)18(23)24)17-19-21-22(20-17)11-12-4-7-15(25-2)8-5-12/h3-10H,1,11H2,2H3,(H,23,24). The Morgan fingerprint density at radius 3 is 2.68 bits per heavy atom. The van der Waals surface area contributed by atoms with Crippen molar-refractivity contribution in [2.75, 3.05) is 7.11 Å². The maximum Gasteiger partial charge on any atom is 0.336 e. The van der Waals surface area contributed by atoms with Crippen molar-refractivity contribution in [3.8, 4) is 17.1 Å². The largest absolute Gasteiger partial charge is 0.497 e. The number of aromatic nitrogens is 4. The normalized spacial score (nSPS) is 10.4. The molecular weight excluding hydrogens is 320 g/mol. The molecule has 25 heavy (non-hydrogen) atoms. The van der Waals surface area contributed by atoms with Crippen molar-refractivity contribution < 1.29 is 14.6 Å². The lowest BCUT2D eigenvalue weighted by Crippen LogP contribution is -2.04. The Morgan fingerprint density at radius 1 is 1.28 bits per heavy atom. The van der Waals surface area contributed by atoms with Gasteiger partial charge in [-0.1, -0.05) is 30.9 Å². The lowest BCUT2D eigenvalue weighted by atomic mass is 10.0. The zero-order chi connectivity index (χ0) is 17.8. The Kier molecular flexibility index (Phi) is 4.56. The van der Waals surface area contributed by atoms with Crippen LogP contribution in [0.5, 0.6) is 5.75 Å². The smallest absolute Gasteiger partial charge is 0.336 e. The fourth-order valence-corrected chi connectivity index (χ4v) is 2.39. The minimum atomic E-state index is -1.00. The van der Waals surface area contributed by atoms with E-state index in [2.05, 4.69) is 22.0 Å². The van der Waals surface area contributed by atoms with Gasteiger partial charge >= 0.3 is 5.97 Å². The number of methoxy groups -OCH3 is 1.